The average Bonchev–Trinajstić information content (AvgIpc) is 2.37. The van der Waals surface area contributed by atoms with Crippen LogP contribution in [0.25, 0.3) is 0 Å². The summed E-state index contributed by atoms with van der Waals surface area (Å²) in [5, 5.41) is 4.30. The minimum atomic E-state index is 0.820. The third-order valence-corrected chi connectivity index (χ3v) is 4.08. The van der Waals surface area contributed by atoms with Crippen LogP contribution in [-0.2, 0) is 0 Å². The second kappa shape index (κ2) is 6.44. The first-order chi connectivity index (χ1) is 8.66. The molecule has 2 rings (SSSR count). The van der Waals surface area contributed by atoms with Crippen molar-refractivity contribution in [3.63, 3.8) is 0 Å². The molecule has 1 aliphatic heterocycles. The molecule has 3 heteroatoms. The van der Waals surface area contributed by atoms with Gasteiger partial charge < -0.3 is 10.2 Å². The molecule has 1 aromatic carbocycles. The fraction of sp³-hybridized carbons (Fsp3) is 0.600. The summed E-state index contributed by atoms with van der Waals surface area (Å²) in [4.78, 5) is 2.35. The zero-order valence-electron chi connectivity index (χ0n) is 11.4. The molecular formula is C15H23ClN2. The molecule has 0 radical (unpaired) electrons. The van der Waals surface area contributed by atoms with Crippen molar-refractivity contribution in [1.82, 2.24) is 5.32 Å². The van der Waals surface area contributed by atoms with Gasteiger partial charge in [0.2, 0.25) is 0 Å². The maximum Gasteiger partial charge on any atom is 0.0410 e. The first-order valence-electron chi connectivity index (χ1n) is 6.85. The number of halogens is 1. The summed E-state index contributed by atoms with van der Waals surface area (Å²) in [6, 6.07) is 6.13. The van der Waals surface area contributed by atoms with Gasteiger partial charge in [0.25, 0.3) is 0 Å². The highest BCUT2D eigenvalue weighted by Crippen LogP contribution is 2.24. The maximum absolute atomic E-state index is 5.99. The van der Waals surface area contributed by atoms with Gasteiger partial charge in [0.1, 0.15) is 0 Å². The van der Waals surface area contributed by atoms with Crippen molar-refractivity contribution < 1.29 is 0 Å². The van der Waals surface area contributed by atoms with Crippen molar-refractivity contribution in [1.29, 1.82) is 0 Å². The van der Waals surface area contributed by atoms with E-state index in [4.69, 9.17) is 11.6 Å². The Morgan fingerprint density at radius 3 is 2.94 bits per heavy atom. The fourth-order valence-corrected chi connectivity index (χ4v) is 2.94. The van der Waals surface area contributed by atoms with Crippen LogP contribution in [0.3, 0.4) is 0 Å². The van der Waals surface area contributed by atoms with E-state index in [2.05, 4.69) is 30.3 Å². The quantitative estimate of drug-likeness (QED) is 0.898. The van der Waals surface area contributed by atoms with E-state index in [9.17, 15) is 0 Å². The van der Waals surface area contributed by atoms with Gasteiger partial charge in [-0.15, -0.1) is 0 Å². The van der Waals surface area contributed by atoms with Crippen LogP contribution in [0.2, 0.25) is 5.02 Å². The normalized spacial score (nSPS) is 19.8. The topological polar surface area (TPSA) is 15.3 Å². The lowest BCUT2D eigenvalue weighted by molar-refractivity contribution is 0.360. The first kappa shape index (κ1) is 13.7. The van der Waals surface area contributed by atoms with Crippen LogP contribution in [0.4, 0.5) is 5.69 Å². The summed E-state index contributed by atoms with van der Waals surface area (Å²) in [6.07, 6.45) is 3.97. The second-order valence-corrected chi connectivity index (χ2v) is 5.79. The lowest BCUT2D eigenvalue weighted by Gasteiger charge is -2.27. The summed E-state index contributed by atoms with van der Waals surface area (Å²) >= 11 is 5.99. The molecular weight excluding hydrogens is 244 g/mol. The monoisotopic (exact) mass is 266 g/mol. The number of piperidine rings is 1. The number of aryl methyl sites for hydroxylation is 1. The number of nitrogens with one attached hydrogen (secondary N) is 1. The number of benzene rings is 1. The van der Waals surface area contributed by atoms with Crippen LogP contribution in [0.15, 0.2) is 18.2 Å². The van der Waals surface area contributed by atoms with Crippen molar-refractivity contribution in [3.8, 4) is 0 Å². The first-order valence-corrected chi connectivity index (χ1v) is 7.22. The minimum absolute atomic E-state index is 0.820. The smallest absolute Gasteiger partial charge is 0.0410 e. The highest BCUT2D eigenvalue weighted by Gasteiger charge is 2.14. The van der Waals surface area contributed by atoms with Gasteiger partial charge in [-0.05, 0) is 69.0 Å². The predicted octanol–water partition coefficient (Wildman–Crippen LogP) is 3.47. The van der Waals surface area contributed by atoms with E-state index in [1.165, 1.54) is 43.6 Å². The molecule has 0 bridgehead atoms. The number of hydrogen-bond acceptors (Lipinski definition) is 2. The van der Waals surface area contributed by atoms with Crippen molar-refractivity contribution in [2.45, 2.75) is 26.2 Å². The Morgan fingerprint density at radius 1 is 1.44 bits per heavy atom. The van der Waals surface area contributed by atoms with Crippen LogP contribution < -0.4 is 10.2 Å². The van der Waals surface area contributed by atoms with Gasteiger partial charge in [-0.25, -0.2) is 0 Å². The van der Waals surface area contributed by atoms with E-state index in [-0.39, 0.29) is 0 Å². The van der Waals surface area contributed by atoms with Crippen LogP contribution in [0.5, 0.6) is 0 Å². The Kier molecular flexibility index (Phi) is 4.90. The summed E-state index contributed by atoms with van der Waals surface area (Å²) in [6.45, 7) is 5.63. The van der Waals surface area contributed by atoms with Crippen molar-refractivity contribution >= 4 is 17.3 Å². The summed E-state index contributed by atoms with van der Waals surface area (Å²) in [5.41, 5.74) is 2.55. The lowest BCUT2D eigenvalue weighted by Crippen LogP contribution is -2.32. The molecule has 0 aliphatic carbocycles. The Labute approximate surface area is 115 Å². The molecule has 1 atom stereocenters. The van der Waals surface area contributed by atoms with E-state index < -0.39 is 0 Å². The van der Waals surface area contributed by atoms with Crippen LogP contribution in [-0.4, -0.2) is 26.7 Å². The molecule has 1 aromatic rings. The number of hydrogen-bond donors (Lipinski definition) is 1. The molecule has 1 aliphatic rings. The van der Waals surface area contributed by atoms with E-state index >= 15 is 0 Å². The third-order valence-electron chi connectivity index (χ3n) is 3.84. The SMILES string of the molecule is Cc1cc(Cl)ccc1N(C)CCC1CCCNC1. The molecule has 0 spiro atoms. The largest absolute Gasteiger partial charge is 0.374 e. The molecule has 0 aromatic heterocycles. The maximum atomic E-state index is 5.99. The van der Waals surface area contributed by atoms with Crippen LogP contribution in [0, 0.1) is 12.8 Å². The highest BCUT2D eigenvalue weighted by molar-refractivity contribution is 6.30. The lowest BCUT2D eigenvalue weighted by atomic mass is 9.96. The van der Waals surface area contributed by atoms with Gasteiger partial charge >= 0.3 is 0 Å². The van der Waals surface area contributed by atoms with E-state index in [0.29, 0.717) is 0 Å². The molecule has 1 fully saturated rings. The summed E-state index contributed by atoms with van der Waals surface area (Å²) < 4.78 is 0. The predicted molar refractivity (Wildman–Crippen MR) is 79.7 cm³/mol. The van der Waals surface area contributed by atoms with Gasteiger partial charge in [-0.2, -0.15) is 0 Å². The second-order valence-electron chi connectivity index (χ2n) is 5.35. The van der Waals surface area contributed by atoms with Gasteiger partial charge in [0, 0.05) is 24.3 Å². The Bertz CT molecular complexity index is 386. The molecule has 1 unspecified atom stereocenters. The molecule has 100 valence electrons. The molecule has 1 N–H and O–H groups in total. The fourth-order valence-electron chi connectivity index (χ4n) is 2.71. The Balaban J connectivity index is 1.88. The van der Waals surface area contributed by atoms with Crippen LogP contribution >= 0.6 is 11.6 Å². The average molecular weight is 267 g/mol. The van der Waals surface area contributed by atoms with Crippen molar-refractivity contribution in [2.75, 3.05) is 31.6 Å². The van der Waals surface area contributed by atoms with E-state index in [1.807, 2.05) is 12.1 Å². The Morgan fingerprint density at radius 2 is 2.28 bits per heavy atom. The van der Waals surface area contributed by atoms with E-state index in [0.717, 1.165) is 17.5 Å². The standard InChI is InChI=1S/C15H23ClN2/c1-12-10-14(16)5-6-15(12)18(2)9-7-13-4-3-8-17-11-13/h5-6,10,13,17H,3-4,7-9,11H2,1-2H3. The molecule has 18 heavy (non-hydrogen) atoms. The number of anilines is 1. The molecule has 1 heterocycles. The molecule has 0 saturated carbocycles. The van der Waals surface area contributed by atoms with E-state index in [1.54, 1.807) is 0 Å². The van der Waals surface area contributed by atoms with Gasteiger partial charge in [-0.3, -0.25) is 0 Å². The van der Waals surface area contributed by atoms with Crippen molar-refractivity contribution in [3.05, 3.63) is 28.8 Å². The Hall–Kier alpha value is -0.730. The van der Waals surface area contributed by atoms with Gasteiger partial charge in [0.05, 0.1) is 0 Å². The molecule has 1 saturated heterocycles. The highest BCUT2D eigenvalue weighted by atomic mass is 35.5. The number of rotatable bonds is 4. The van der Waals surface area contributed by atoms with Crippen LogP contribution in [0.1, 0.15) is 24.8 Å². The zero-order chi connectivity index (χ0) is 13.0. The number of nitrogens with zero attached hydrogens (tertiary/aromatic N) is 1. The third kappa shape index (κ3) is 3.63. The summed E-state index contributed by atoms with van der Waals surface area (Å²) in [7, 11) is 2.17. The molecule has 0 amide bonds. The summed E-state index contributed by atoms with van der Waals surface area (Å²) in [5.74, 6) is 0.841. The zero-order valence-corrected chi connectivity index (χ0v) is 12.1. The van der Waals surface area contributed by atoms with Gasteiger partial charge in [0.15, 0.2) is 0 Å². The minimum Gasteiger partial charge on any atom is -0.374 e. The van der Waals surface area contributed by atoms with Crippen molar-refractivity contribution in [2.24, 2.45) is 5.92 Å². The molecule has 2 nitrogen and oxygen atoms in total. The van der Waals surface area contributed by atoms with Gasteiger partial charge in [-0.1, -0.05) is 11.6 Å².